The van der Waals surface area contributed by atoms with Crippen molar-refractivity contribution in [2.45, 2.75) is 38.6 Å². The molecule has 0 radical (unpaired) electrons. The van der Waals surface area contributed by atoms with Crippen molar-refractivity contribution < 1.29 is 8.81 Å². The Hall–Kier alpha value is -1.61. The first-order chi connectivity index (χ1) is 9.44. The molecule has 3 heteroatoms. The Morgan fingerprint density at radius 2 is 1.85 bits per heavy atom. The third-order valence-electron chi connectivity index (χ3n) is 3.25. The largest absolute Gasteiger partial charge is 0.469 e. The van der Waals surface area contributed by atoms with Gasteiger partial charge in [0, 0.05) is 24.4 Å². The van der Waals surface area contributed by atoms with Crippen molar-refractivity contribution in [1.29, 1.82) is 0 Å². The Bertz CT molecular complexity index is 511. The molecule has 0 aliphatic carbocycles. The van der Waals surface area contributed by atoms with E-state index < -0.39 is 0 Å². The van der Waals surface area contributed by atoms with E-state index in [9.17, 15) is 4.39 Å². The van der Waals surface area contributed by atoms with Crippen molar-refractivity contribution in [3.05, 3.63) is 59.8 Å². The number of furan rings is 1. The van der Waals surface area contributed by atoms with Crippen LogP contribution in [-0.4, -0.2) is 12.1 Å². The minimum atomic E-state index is -0.200. The van der Waals surface area contributed by atoms with E-state index in [0.29, 0.717) is 0 Å². The molecule has 1 aromatic heterocycles. The molecule has 0 fully saturated rings. The van der Waals surface area contributed by atoms with E-state index in [1.807, 2.05) is 24.3 Å². The summed E-state index contributed by atoms with van der Waals surface area (Å²) in [6, 6.07) is 10.6. The molecule has 0 aliphatic heterocycles. The van der Waals surface area contributed by atoms with Gasteiger partial charge < -0.3 is 9.73 Å². The fourth-order valence-corrected chi connectivity index (χ4v) is 2.14. The lowest BCUT2D eigenvalue weighted by molar-refractivity contribution is 0.393. The van der Waals surface area contributed by atoms with Crippen LogP contribution in [0.25, 0.3) is 0 Å². The van der Waals surface area contributed by atoms with Crippen molar-refractivity contribution in [3.8, 4) is 0 Å². The number of nitrogens with one attached hydrogen (secondary N) is 1. The third kappa shape index (κ3) is 4.49. The molecular weight excluding hydrogens is 253 g/mol. The monoisotopic (exact) mass is 275 g/mol. The Kier molecular flexibility index (Phi) is 4.61. The second-order valence-electron chi connectivity index (χ2n) is 6.16. The summed E-state index contributed by atoms with van der Waals surface area (Å²) in [4.78, 5) is 0. The van der Waals surface area contributed by atoms with Gasteiger partial charge in [-0.25, -0.2) is 4.39 Å². The summed E-state index contributed by atoms with van der Waals surface area (Å²) in [6.07, 6.45) is 2.50. The number of halogens is 1. The molecule has 0 saturated carbocycles. The molecule has 2 rings (SSSR count). The summed E-state index contributed by atoms with van der Waals surface area (Å²) in [5.74, 6) is 1.02. The van der Waals surface area contributed by atoms with Crippen LogP contribution in [-0.2, 0) is 6.42 Å². The maximum atomic E-state index is 13.1. The molecule has 2 nitrogen and oxygen atoms in total. The van der Waals surface area contributed by atoms with Gasteiger partial charge in [-0.3, -0.25) is 0 Å². The van der Waals surface area contributed by atoms with Crippen molar-refractivity contribution in [1.82, 2.24) is 5.32 Å². The number of benzene rings is 1. The quantitative estimate of drug-likeness (QED) is 0.887. The van der Waals surface area contributed by atoms with E-state index in [1.54, 1.807) is 6.26 Å². The maximum absolute atomic E-state index is 13.1. The molecule has 1 heterocycles. The molecule has 0 aliphatic rings. The lowest BCUT2D eigenvalue weighted by Gasteiger charge is -2.25. The summed E-state index contributed by atoms with van der Waals surface area (Å²) in [6.45, 7) is 7.25. The van der Waals surface area contributed by atoms with Crippen LogP contribution in [0, 0.1) is 5.82 Å². The molecule has 1 unspecified atom stereocenters. The second-order valence-corrected chi connectivity index (χ2v) is 6.16. The Balaban J connectivity index is 2.12. The van der Waals surface area contributed by atoms with Gasteiger partial charge in [0.05, 0.1) is 6.26 Å². The fourth-order valence-electron chi connectivity index (χ4n) is 2.14. The lowest BCUT2D eigenvalue weighted by atomic mass is 9.93. The van der Waals surface area contributed by atoms with Crippen LogP contribution in [0.5, 0.6) is 0 Å². The average Bonchev–Trinajstić information content (AvgIpc) is 2.87. The van der Waals surface area contributed by atoms with Crippen LogP contribution in [0.1, 0.15) is 38.0 Å². The molecule has 0 bridgehead atoms. The number of hydrogen-bond acceptors (Lipinski definition) is 2. The summed E-state index contributed by atoms with van der Waals surface area (Å²) < 4.78 is 18.5. The topological polar surface area (TPSA) is 25.2 Å². The van der Waals surface area contributed by atoms with E-state index in [4.69, 9.17) is 4.42 Å². The molecule has 0 spiro atoms. The van der Waals surface area contributed by atoms with Crippen molar-refractivity contribution in [3.63, 3.8) is 0 Å². The lowest BCUT2D eigenvalue weighted by Crippen LogP contribution is -2.39. The summed E-state index contributed by atoms with van der Waals surface area (Å²) in [5.41, 5.74) is 1.18. The highest BCUT2D eigenvalue weighted by molar-refractivity contribution is 5.22. The first-order valence-electron chi connectivity index (χ1n) is 6.97. The van der Waals surface area contributed by atoms with Crippen LogP contribution >= 0.6 is 0 Å². The predicted molar refractivity (Wildman–Crippen MR) is 79.3 cm³/mol. The first-order valence-corrected chi connectivity index (χ1v) is 6.97. The molecule has 1 N–H and O–H groups in total. The molecule has 20 heavy (non-hydrogen) atoms. The Labute approximate surface area is 120 Å². The van der Waals surface area contributed by atoms with Crippen LogP contribution in [0.4, 0.5) is 4.39 Å². The van der Waals surface area contributed by atoms with E-state index in [1.165, 1.54) is 12.1 Å². The number of hydrogen-bond donors (Lipinski definition) is 1. The maximum Gasteiger partial charge on any atom is 0.123 e. The van der Waals surface area contributed by atoms with Crippen LogP contribution < -0.4 is 5.32 Å². The number of rotatable bonds is 5. The van der Waals surface area contributed by atoms with E-state index in [2.05, 4.69) is 26.1 Å². The van der Waals surface area contributed by atoms with Crippen LogP contribution in [0.15, 0.2) is 47.1 Å². The first kappa shape index (κ1) is 14.8. The minimum Gasteiger partial charge on any atom is -0.469 e. The molecule has 108 valence electrons. The van der Waals surface area contributed by atoms with Crippen LogP contribution in [0.2, 0.25) is 0 Å². The average molecular weight is 275 g/mol. The zero-order valence-corrected chi connectivity index (χ0v) is 12.3. The van der Waals surface area contributed by atoms with E-state index >= 15 is 0 Å². The fraction of sp³-hybridized carbons (Fsp3) is 0.412. The van der Waals surface area contributed by atoms with Gasteiger partial charge in [0.1, 0.15) is 11.6 Å². The van der Waals surface area contributed by atoms with Gasteiger partial charge in [-0.05, 0) is 50.6 Å². The van der Waals surface area contributed by atoms with Gasteiger partial charge >= 0.3 is 0 Å². The van der Waals surface area contributed by atoms with Gasteiger partial charge in [-0.15, -0.1) is 0 Å². The highest BCUT2D eigenvalue weighted by atomic mass is 19.1. The van der Waals surface area contributed by atoms with E-state index in [-0.39, 0.29) is 17.3 Å². The van der Waals surface area contributed by atoms with Gasteiger partial charge in [-0.2, -0.15) is 0 Å². The third-order valence-corrected chi connectivity index (χ3v) is 3.25. The van der Waals surface area contributed by atoms with Gasteiger partial charge in [0.25, 0.3) is 0 Å². The molecule has 2 aromatic rings. The van der Waals surface area contributed by atoms with Gasteiger partial charge in [0.2, 0.25) is 0 Å². The summed E-state index contributed by atoms with van der Waals surface area (Å²) in [7, 11) is 0. The predicted octanol–water partition coefficient (Wildman–Crippen LogP) is 4.13. The SMILES string of the molecule is CC(C)(C)NCC(Cc1ccco1)c1ccc(F)cc1. The van der Waals surface area contributed by atoms with Gasteiger partial charge in [-0.1, -0.05) is 12.1 Å². The second kappa shape index (κ2) is 6.23. The Morgan fingerprint density at radius 3 is 2.40 bits per heavy atom. The standard InChI is InChI=1S/C17H22FNO/c1-17(2,3)19-12-14(11-16-5-4-10-20-16)13-6-8-15(18)9-7-13/h4-10,14,19H,11-12H2,1-3H3. The normalized spacial score (nSPS) is 13.4. The van der Waals surface area contributed by atoms with Crippen LogP contribution in [0.3, 0.4) is 0 Å². The molecule has 0 saturated heterocycles. The zero-order valence-electron chi connectivity index (χ0n) is 12.3. The smallest absolute Gasteiger partial charge is 0.123 e. The van der Waals surface area contributed by atoms with Crippen molar-refractivity contribution in [2.24, 2.45) is 0 Å². The van der Waals surface area contributed by atoms with Gasteiger partial charge in [0.15, 0.2) is 0 Å². The molecule has 1 atom stereocenters. The molecule has 1 aromatic carbocycles. The highest BCUT2D eigenvalue weighted by Crippen LogP contribution is 2.22. The summed E-state index contributed by atoms with van der Waals surface area (Å²) >= 11 is 0. The van der Waals surface area contributed by atoms with Crippen molar-refractivity contribution in [2.75, 3.05) is 6.54 Å². The zero-order chi connectivity index (χ0) is 14.6. The minimum absolute atomic E-state index is 0.0570. The molecule has 0 amide bonds. The van der Waals surface area contributed by atoms with E-state index in [0.717, 1.165) is 24.3 Å². The molecular formula is C17H22FNO. The summed E-state index contributed by atoms with van der Waals surface area (Å²) in [5, 5.41) is 3.51. The van der Waals surface area contributed by atoms with Crippen molar-refractivity contribution >= 4 is 0 Å². The Morgan fingerprint density at radius 1 is 1.15 bits per heavy atom. The highest BCUT2D eigenvalue weighted by Gasteiger charge is 2.17.